The fourth-order valence-corrected chi connectivity index (χ4v) is 3.62. The highest BCUT2D eigenvalue weighted by Gasteiger charge is 2.16. The van der Waals surface area contributed by atoms with E-state index < -0.39 is 21.8 Å². The molecule has 0 saturated carbocycles. The van der Waals surface area contributed by atoms with Crippen molar-refractivity contribution < 1.29 is 17.9 Å². The van der Waals surface area contributed by atoms with E-state index >= 15 is 0 Å². The van der Waals surface area contributed by atoms with E-state index in [4.69, 9.17) is 4.74 Å². The van der Waals surface area contributed by atoms with Gasteiger partial charge >= 0.3 is 6.09 Å². The van der Waals surface area contributed by atoms with Crippen LogP contribution in [0.15, 0.2) is 71.6 Å². The van der Waals surface area contributed by atoms with Crippen LogP contribution in [0.1, 0.15) is 11.1 Å². The van der Waals surface area contributed by atoms with Gasteiger partial charge in [0.2, 0.25) is 0 Å². The number of hydrogen-bond donors (Lipinski definition) is 1. The maximum atomic E-state index is 12.2. The van der Waals surface area contributed by atoms with Crippen LogP contribution in [0.2, 0.25) is 0 Å². The topological polar surface area (TPSA) is 72.5 Å². The predicted octanol–water partition coefficient (Wildman–Crippen LogP) is 3.81. The van der Waals surface area contributed by atoms with Crippen LogP contribution in [-0.2, 0) is 21.2 Å². The number of carbonyl (C=O) groups excluding carboxylic acids is 1. The Labute approximate surface area is 152 Å². The maximum absolute atomic E-state index is 12.2. The number of benzene rings is 3. The molecular formula is C20H19NO4S. The molecule has 0 aliphatic carbocycles. The number of carbonyl (C=O) groups is 1. The summed E-state index contributed by atoms with van der Waals surface area (Å²) in [4.78, 5) is 12.1. The molecule has 0 heterocycles. The normalized spacial score (nSPS) is 11.3. The molecule has 0 bridgehead atoms. The molecule has 1 N–H and O–H groups in total. The number of rotatable bonds is 5. The Bertz CT molecular complexity index is 1020. The molecule has 134 valence electrons. The zero-order chi connectivity index (χ0) is 18.6. The Morgan fingerprint density at radius 3 is 2.42 bits per heavy atom. The van der Waals surface area contributed by atoms with Gasteiger partial charge in [0.25, 0.3) is 0 Å². The highest BCUT2D eigenvalue weighted by Crippen LogP contribution is 2.19. The lowest BCUT2D eigenvalue weighted by molar-refractivity contribution is 0.141. The van der Waals surface area contributed by atoms with Gasteiger partial charge in [-0.1, -0.05) is 60.2 Å². The van der Waals surface area contributed by atoms with Crippen molar-refractivity contribution in [2.24, 2.45) is 0 Å². The summed E-state index contributed by atoms with van der Waals surface area (Å²) < 4.78 is 29.6. The van der Waals surface area contributed by atoms with Gasteiger partial charge in [-0.05, 0) is 35.4 Å². The van der Waals surface area contributed by atoms with Gasteiger partial charge in [0.05, 0.1) is 4.90 Å². The second-order valence-electron chi connectivity index (χ2n) is 5.96. The van der Waals surface area contributed by atoms with Gasteiger partial charge in [-0.15, -0.1) is 0 Å². The van der Waals surface area contributed by atoms with Gasteiger partial charge in [-0.2, -0.15) is 0 Å². The van der Waals surface area contributed by atoms with E-state index in [1.165, 1.54) is 12.1 Å². The zero-order valence-electron chi connectivity index (χ0n) is 14.3. The van der Waals surface area contributed by atoms with Crippen molar-refractivity contribution in [3.8, 4) is 0 Å². The van der Waals surface area contributed by atoms with Crippen molar-refractivity contribution in [2.45, 2.75) is 18.4 Å². The second-order valence-corrected chi connectivity index (χ2v) is 7.95. The third kappa shape index (κ3) is 4.21. The van der Waals surface area contributed by atoms with Crippen molar-refractivity contribution >= 4 is 26.7 Å². The van der Waals surface area contributed by atoms with Crippen LogP contribution < -0.4 is 5.32 Å². The van der Waals surface area contributed by atoms with E-state index in [-0.39, 0.29) is 11.5 Å². The second kappa shape index (κ2) is 7.58. The Kier molecular flexibility index (Phi) is 5.23. The molecule has 0 radical (unpaired) electrons. The fraction of sp³-hybridized carbons (Fsp3) is 0.150. The SMILES string of the molecule is Cc1ccc(S(=O)(=O)CNC(=O)OCc2cccc3ccccc23)cc1. The number of ether oxygens (including phenoxy) is 1. The summed E-state index contributed by atoms with van der Waals surface area (Å²) in [6.07, 6.45) is -0.770. The van der Waals surface area contributed by atoms with E-state index in [0.717, 1.165) is 21.9 Å². The van der Waals surface area contributed by atoms with Crippen LogP contribution in [0.25, 0.3) is 10.8 Å². The van der Waals surface area contributed by atoms with Gasteiger partial charge in [-0.25, -0.2) is 13.2 Å². The van der Waals surface area contributed by atoms with Crippen molar-refractivity contribution in [1.29, 1.82) is 0 Å². The Balaban J connectivity index is 1.60. The first-order chi connectivity index (χ1) is 12.5. The van der Waals surface area contributed by atoms with Crippen LogP contribution in [0, 0.1) is 6.92 Å². The average molecular weight is 369 g/mol. The van der Waals surface area contributed by atoms with Crippen molar-refractivity contribution in [3.63, 3.8) is 0 Å². The van der Waals surface area contributed by atoms with Crippen molar-refractivity contribution in [2.75, 3.05) is 5.88 Å². The molecule has 3 aromatic carbocycles. The van der Waals surface area contributed by atoms with Gasteiger partial charge in [0, 0.05) is 0 Å². The maximum Gasteiger partial charge on any atom is 0.408 e. The fourth-order valence-electron chi connectivity index (χ4n) is 2.60. The lowest BCUT2D eigenvalue weighted by Gasteiger charge is -2.10. The van der Waals surface area contributed by atoms with Crippen molar-refractivity contribution in [1.82, 2.24) is 5.32 Å². The smallest absolute Gasteiger partial charge is 0.408 e. The van der Waals surface area contributed by atoms with Crippen LogP contribution in [0.5, 0.6) is 0 Å². The van der Waals surface area contributed by atoms with Gasteiger partial charge in [0.1, 0.15) is 12.5 Å². The average Bonchev–Trinajstić information content (AvgIpc) is 2.65. The molecule has 26 heavy (non-hydrogen) atoms. The number of alkyl carbamates (subject to hydrolysis) is 1. The number of aryl methyl sites for hydroxylation is 1. The largest absolute Gasteiger partial charge is 0.445 e. The summed E-state index contributed by atoms with van der Waals surface area (Å²) >= 11 is 0. The molecule has 0 aliphatic heterocycles. The van der Waals surface area contributed by atoms with Crippen LogP contribution in [-0.4, -0.2) is 20.4 Å². The number of nitrogens with one attached hydrogen (secondary N) is 1. The first kappa shape index (κ1) is 17.9. The zero-order valence-corrected chi connectivity index (χ0v) is 15.1. The van der Waals surface area contributed by atoms with Gasteiger partial charge < -0.3 is 10.1 Å². The van der Waals surface area contributed by atoms with Gasteiger partial charge in [-0.3, -0.25) is 0 Å². The lowest BCUT2D eigenvalue weighted by Crippen LogP contribution is -2.30. The highest BCUT2D eigenvalue weighted by molar-refractivity contribution is 7.91. The molecule has 0 saturated heterocycles. The first-order valence-corrected chi connectivity index (χ1v) is 9.78. The molecule has 6 heteroatoms. The third-order valence-corrected chi connectivity index (χ3v) is 5.54. The quantitative estimate of drug-likeness (QED) is 0.742. The van der Waals surface area contributed by atoms with Gasteiger partial charge in [0.15, 0.2) is 9.84 Å². The minimum absolute atomic E-state index is 0.0672. The standard InChI is InChI=1S/C20H19NO4S/c1-15-9-11-18(12-10-15)26(23,24)14-21-20(22)25-13-17-7-4-6-16-5-2-3-8-19(16)17/h2-12H,13-14H2,1H3,(H,21,22). The van der Waals surface area contributed by atoms with E-state index in [9.17, 15) is 13.2 Å². The molecule has 0 aromatic heterocycles. The van der Waals surface area contributed by atoms with Crippen LogP contribution in [0.3, 0.4) is 0 Å². The van der Waals surface area contributed by atoms with E-state index in [1.807, 2.05) is 49.4 Å². The molecule has 0 unspecified atom stereocenters. The number of amides is 1. The Hall–Kier alpha value is -2.86. The molecule has 0 spiro atoms. The molecule has 5 nitrogen and oxygen atoms in total. The minimum atomic E-state index is -3.60. The lowest BCUT2D eigenvalue weighted by atomic mass is 10.1. The number of sulfone groups is 1. The molecule has 3 aromatic rings. The summed E-state index contributed by atoms with van der Waals surface area (Å²) in [7, 11) is -3.60. The van der Waals surface area contributed by atoms with Crippen molar-refractivity contribution in [3.05, 3.63) is 77.9 Å². The van der Waals surface area contributed by atoms with Crippen LogP contribution in [0.4, 0.5) is 4.79 Å². The van der Waals surface area contributed by atoms with E-state index in [1.54, 1.807) is 12.1 Å². The third-order valence-electron chi connectivity index (χ3n) is 4.03. The van der Waals surface area contributed by atoms with E-state index in [2.05, 4.69) is 5.32 Å². The van der Waals surface area contributed by atoms with E-state index in [0.29, 0.717) is 0 Å². The first-order valence-electron chi connectivity index (χ1n) is 8.12. The molecule has 1 amide bonds. The molecule has 0 atom stereocenters. The Morgan fingerprint density at radius 2 is 1.65 bits per heavy atom. The number of fused-ring (bicyclic) bond motifs is 1. The summed E-state index contributed by atoms with van der Waals surface area (Å²) in [5.74, 6) is -0.509. The predicted molar refractivity (Wildman–Crippen MR) is 101 cm³/mol. The monoisotopic (exact) mass is 369 g/mol. The summed E-state index contributed by atoms with van der Waals surface area (Å²) in [5.41, 5.74) is 1.83. The van der Waals surface area contributed by atoms with Crippen LogP contribution >= 0.6 is 0 Å². The molecule has 3 rings (SSSR count). The minimum Gasteiger partial charge on any atom is -0.445 e. The summed E-state index contributed by atoms with van der Waals surface area (Å²) in [6, 6.07) is 20.0. The summed E-state index contributed by atoms with van der Waals surface area (Å²) in [5, 5.41) is 4.35. The molecule has 0 fully saturated rings. The Morgan fingerprint density at radius 1 is 0.962 bits per heavy atom. The molecule has 0 aliphatic rings. The number of hydrogen-bond acceptors (Lipinski definition) is 4. The molecular weight excluding hydrogens is 350 g/mol. The summed E-state index contributed by atoms with van der Waals surface area (Å²) in [6.45, 7) is 1.94. The highest BCUT2D eigenvalue weighted by atomic mass is 32.2.